The van der Waals surface area contributed by atoms with E-state index in [-0.39, 0.29) is 0 Å². The smallest absolute Gasteiger partial charge is 0.120 e. The molecule has 76 valence electrons. The molecule has 14 heavy (non-hydrogen) atoms. The van der Waals surface area contributed by atoms with Crippen LogP contribution in [0.2, 0.25) is 0 Å². The average molecular weight is 256 g/mol. The van der Waals surface area contributed by atoms with Crippen LogP contribution in [0.1, 0.15) is 6.42 Å². The van der Waals surface area contributed by atoms with Gasteiger partial charge in [-0.05, 0) is 31.2 Å². The number of nitrogens with one attached hydrogen (secondary N) is 1. The van der Waals surface area contributed by atoms with E-state index >= 15 is 0 Å². The molecular formula is C11H14BrNO. The van der Waals surface area contributed by atoms with Crippen molar-refractivity contribution >= 4 is 15.9 Å². The fourth-order valence-corrected chi connectivity index (χ4v) is 2.01. The van der Waals surface area contributed by atoms with Crippen LogP contribution in [0.5, 0.6) is 5.75 Å². The van der Waals surface area contributed by atoms with E-state index in [0.29, 0.717) is 5.92 Å². The molecule has 0 spiro atoms. The highest BCUT2D eigenvalue weighted by Crippen LogP contribution is 2.19. The molecule has 1 aromatic carbocycles. The highest BCUT2D eigenvalue weighted by molar-refractivity contribution is 9.10. The van der Waals surface area contributed by atoms with Crippen LogP contribution in [0.4, 0.5) is 0 Å². The molecule has 1 aliphatic heterocycles. The van der Waals surface area contributed by atoms with Crippen LogP contribution in [-0.4, -0.2) is 19.7 Å². The summed E-state index contributed by atoms with van der Waals surface area (Å²) >= 11 is 3.42. The lowest BCUT2D eigenvalue weighted by Gasteiger charge is -2.10. The Morgan fingerprint density at radius 1 is 1.50 bits per heavy atom. The maximum absolute atomic E-state index is 5.70. The van der Waals surface area contributed by atoms with Gasteiger partial charge in [-0.1, -0.05) is 22.0 Å². The Labute approximate surface area is 92.8 Å². The molecule has 1 atom stereocenters. The zero-order valence-corrected chi connectivity index (χ0v) is 9.59. The molecule has 0 aromatic heterocycles. The van der Waals surface area contributed by atoms with Gasteiger partial charge in [-0.3, -0.25) is 0 Å². The van der Waals surface area contributed by atoms with E-state index < -0.39 is 0 Å². The molecule has 1 saturated heterocycles. The SMILES string of the molecule is Brc1cccc(OC[C@@H]2CCNC2)c1. The zero-order chi connectivity index (χ0) is 9.80. The molecule has 2 nitrogen and oxygen atoms in total. The van der Waals surface area contributed by atoms with E-state index in [4.69, 9.17) is 4.74 Å². The van der Waals surface area contributed by atoms with Crippen LogP contribution in [0, 0.1) is 5.92 Å². The molecule has 2 rings (SSSR count). The molecular weight excluding hydrogens is 242 g/mol. The van der Waals surface area contributed by atoms with Gasteiger partial charge in [-0.25, -0.2) is 0 Å². The van der Waals surface area contributed by atoms with Crippen molar-refractivity contribution in [2.75, 3.05) is 19.7 Å². The minimum atomic E-state index is 0.675. The van der Waals surface area contributed by atoms with Gasteiger partial charge in [-0.15, -0.1) is 0 Å². The summed E-state index contributed by atoms with van der Waals surface area (Å²) in [7, 11) is 0. The minimum Gasteiger partial charge on any atom is -0.493 e. The number of hydrogen-bond acceptors (Lipinski definition) is 2. The van der Waals surface area contributed by atoms with Gasteiger partial charge >= 0.3 is 0 Å². The monoisotopic (exact) mass is 255 g/mol. The molecule has 0 amide bonds. The van der Waals surface area contributed by atoms with E-state index in [1.165, 1.54) is 6.42 Å². The van der Waals surface area contributed by atoms with E-state index in [9.17, 15) is 0 Å². The third kappa shape index (κ3) is 2.72. The largest absolute Gasteiger partial charge is 0.493 e. The third-order valence-electron chi connectivity index (χ3n) is 2.44. The number of rotatable bonds is 3. The highest BCUT2D eigenvalue weighted by Gasteiger charge is 2.14. The summed E-state index contributed by atoms with van der Waals surface area (Å²) in [6, 6.07) is 7.99. The van der Waals surface area contributed by atoms with Gasteiger partial charge < -0.3 is 10.1 Å². The third-order valence-corrected chi connectivity index (χ3v) is 2.94. The molecule has 1 aromatic rings. The molecule has 3 heteroatoms. The molecule has 1 fully saturated rings. The number of halogens is 1. The first-order chi connectivity index (χ1) is 6.84. The van der Waals surface area contributed by atoms with Crippen LogP contribution < -0.4 is 10.1 Å². The summed E-state index contributed by atoms with van der Waals surface area (Å²) in [4.78, 5) is 0. The predicted octanol–water partition coefficient (Wildman–Crippen LogP) is 2.44. The first kappa shape index (κ1) is 9.99. The minimum absolute atomic E-state index is 0.675. The van der Waals surface area contributed by atoms with Crippen LogP contribution >= 0.6 is 15.9 Å². The first-order valence-corrected chi connectivity index (χ1v) is 5.73. The normalized spacial score (nSPS) is 21.1. The Morgan fingerprint density at radius 3 is 3.14 bits per heavy atom. The number of ether oxygens (including phenoxy) is 1. The molecule has 1 aliphatic rings. The Kier molecular flexibility index (Phi) is 3.43. The quantitative estimate of drug-likeness (QED) is 0.896. The van der Waals surface area contributed by atoms with Crippen molar-refractivity contribution in [3.8, 4) is 5.75 Å². The second-order valence-electron chi connectivity index (χ2n) is 3.63. The Morgan fingerprint density at radius 2 is 2.43 bits per heavy atom. The second kappa shape index (κ2) is 4.80. The molecule has 1 N–H and O–H groups in total. The molecule has 0 radical (unpaired) electrons. The van der Waals surface area contributed by atoms with E-state index in [1.807, 2.05) is 24.3 Å². The van der Waals surface area contributed by atoms with Crippen LogP contribution in [0.15, 0.2) is 28.7 Å². The van der Waals surface area contributed by atoms with Crippen molar-refractivity contribution in [1.82, 2.24) is 5.32 Å². The summed E-state index contributed by atoms with van der Waals surface area (Å²) in [5.41, 5.74) is 0. The summed E-state index contributed by atoms with van der Waals surface area (Å²) < 4.78 is 6.77. The van der Waals surface area contributed by atoms with E-state index in [1.54, 1.807) is 0 Å². The number of hydrogen-bond donors (Lipinski definition) is 1. The Bertz CT molecular complexity index is 297. The van der Waals surface area contributed by atoms with E-state index in [2.05, 4.69) is 21.2 Å². The molecule has 1 heterocycles. The van der Waals surface area contributed by atoms with Crippen molar-refractivity contribution < 1.29 is 4.74 Å². The zero-order valence-electron chi connectivity index (χ0n) is 8.00. The van der Waals surface area contributed by atoms with Crippen molar-refractivity contribution in [3.05, 3.63) is 28.7 Å². The summed E-state index contributed by atoms with van der Waals surface area (Å²) in [5.74, 6) is 1.63. The van der Waals surface area contributed by atoms with Gasteiger partial charge in [0.25, 0.3) is 0 Å². The maximum atomic E-state index is 5.70. The van der Waals surface area contributed by atoms with Gasteiger partial charge in [0.15, 0.2) is 0 Å². The van der Waals surface area contributed by atoms with Crippen molar-refractivity contribution in [2.45, 2.75) is 6.42 Å². The molecule has 0 aliphatic carbocycles. The molecule has 0 bridgehead atoms. The molecule has 0 saturated carbocycles. The summed E-state index contributed by atoms with van der Waals surface area (Å²) in [6.07, 6.45) is 1.23. The first-order valence-electron chi connectivity index (χ1n) is 4.94. The van der Waals surface area contributed by atoms with Gasteiger partial charge in [-0.2, -0.15) is 0 Å². The van der Waals surface area contributed by atoms with Gasteiger partial charge in [0.2, 0.25) is 0 Å². The summed E-state index contributed by atoms with van der Waals surface area (Å²) in [6.45, 7) is 3.05. The van der Waals surface area contributed by atoms with Crippen molar-refractivity contribution in [1.29, 1.82) is 0 Å². The average Bonchev–Trinajstić information content (AvgIpc) is 2.67. The van der Waals surface area contributed by atoms with Gasteiger partial charge in [0.1, 0.15) is 5.75 Å². The number of benzene rings is 1. The van der Waals surface area contributed by atoms with Crippen molar-refractivity contribution in [2.24, 2.45) is 5.92 Å². The topological polar surface area (TPSA) is 21.3 Å². The lowest BCUT2D eigenvalue weighted by atomic mass is 10.1. The lowest BCUT2D eigenvalue weighted by molar-refractivity contribution is 0.260. The molecule has 0 unspecified atom stereocenters. The lowest BCUT2D eigenvalue weighted by Crippen LogP contribution is -2.15. The van der Waals surface area contributed by atoms with Crippen LogP contribution in [-0.2, 0) is 0 Å². The fourth-order valence-electron chi connectivity index (χ4n) is 1.63. The Balaban J connectivity index is 1.85. The fraction of sp³-hybridized carbons (Fsp3) is 0.455. The highest BCUT2D eigenvalue weighted by atomic mass is 79.9. The van der Waals surface area contributed by atoms with Crippen molar-refractivity contribution in [3.63, 3.8) is 0 Å². The second-order valence-corrected chi connectivity index (χ2v) is 4.54. The van der Waals surface area contributed by atoms with Crippen LogP contribution in [0.3, 0.4) is 0 Å². The maximum Gasteiger partial charge on any atom is 0.120 e. The van der Waals surface area contributed by atoms with Crippen LogP contribution in [0.25, 0.3) is 0 Å². The predicted molar refractivity (Wildman–Crippen MR) is 60.6 cm³/mol. The van der Waals surface area contributed by atoms with Gasteiger partial charge in [0, 0.05) is 16.9 Å². The van der Waals surface area contributed by atoms with Gasteiger partial charge in [0.05, 0.1) is 6.61 Å². The Hall–Kier alpha value is -0.540. The van der Waals surface area contributed by atoms with E-state index in [0.717, 1.165) is 29.9 Å². The summed E-state index contributed by atoms with van der Waals surface area (Å²) in [5, 5.41) is 3.33. The standard InChI is InChI=1S/C11H14BrNO/c12-10-2-1-3-11(6-10)14-8-9-4-5-13-7-9/h1-3,6,9,13H,4-5,7-8H2/t9-/m1/s1.